The Morgan fingerprint density at radius 3 is 2.85 bits per heavy atom. The highest BCUT2D eigenvalue weighted by atomic mass is 35.5. The van der Waals surface area contributed by atoms with Gasteiger partial charge >= 0.3 is 5.97 Å². The second-order valence-corrected chi connectivity index (χ2v) is 5.90. The Balaban J connectivity index is 1.76. The summed E-state index contributed by atoms with van der Waals surface area (Å²) in [5.41, 5.74) is 0.368. The van der Waals surface area contributed by atoms with Gasteiger partial charge < -0.3 is 14.2 Å². The molecule has 0 fully saturated rings. The molecule has 1 heterocycles. The lowest BCUT2D eigenvalue weighted by atomic mass is 10.1. The lowest BCUT2D eigenvalue weighted by molar-refractivity contribution is -0.144. The number of halogens is 2. The number of allylic oxidation sites excluding steroid dienone is 1. The van der Waals surface area contributed by atoms with Crippen LogP contribution in [0.15, 0.2) is 54.8 Å². The van der Waals surface area contributed by atoms with Crippen molar-refractivity contribution in [3.63, 3.8) is 0 Å². The fourth-order valence-corrected chi connectivity index (χ4v) is 2.59. The van der Waals surface area contributed by atoms with Crippen LogP contribution in [0, 0.1) is 5.82 Å². The molecule has 0 N–H and O–H groups in total. The topological polar surface area (TPSA) is 61.8 Å². The molecular formula is C20H14ClFO5. The molecule has 0 atom stereocenters. The Bertz CT molecular complexity index is 931. The van der Waals surface area contributed by atoms with Crippen molar-refractivity contribution >= 4 is 29.4 Å². The van der Waals surface area contributed by atoms with Crippen LogP contribution in [0.3, 0.4) is 0 Å². The number of ketones is 1. The Kier molecular flexibility index (Phi) is 5.57. The number of carbonyl (C=O) groups excluding carboxylic acids is 2. The highest BCUT2D eigenvalue weighted by molar-refractivity contribution is 6.32. The van der Waals surface area contributed by atoms with Crippen molar-refractivity contribution in [2.75, 3.05) is 13.2 Å². The zero-order chi connectivity index (χ0) is 19.4. The lowest BCUT2D eigenvalue weighted by Crippen LogP contribution is -2.14. The second-order valence-electron chi connectivity index (χ2n) is 5.49. The molecule has 0 radical (unpaired) electrons. The molecule has 7 heteroatoms. The van der Waals surface area contributed by atoms with Gasteiger partial charge in [0, 0.05) is 11.6 Å². The summed E-state index contributed by atoms with van der Waals surface area (Å²) in [6.45, 7) is 3.24. The molecule has 0 saturated carbocycles. The maximum atomic E-state index is 13.9. The van der Waals surface area contributed by atoms with Gasteiger partial charge in [-0.1, -0.05) is 30.3 Å². The van der Waals surface area contributed by atoms with Crippen molar-refractivity contribution in [3.8, 4) is 11.5 Å². The normalized spacial score (nSPS) is 13.9. The molecule has 1 aliphatic heterocycles. The number of carbonyl (C=O) groups is 2. The molecule has 27 heavy (non-hydrogen) atoms. The third-order valence-electron chi connectivity index (χ3n) is 3.64. The van der Waals surface area contributed by atoms with Gasteiger partial charge in [-0.3, -0.25) is 4.79 Å². The van der Waals surface area contributed by atoms with Crippen LogP contribution >= 0.6 is 11.6 Å². The molecule has 0 amide bonds. The van der Waals surface area contributed by atoms with Crippen LogP contribution in [0.5, 0.6) is 11.5 Å². The minimum atomic E-state index is -0.565. The van der Waals surface area contributed by atoms with E-state index in [1.807, 2.05) is 0 Å². The summed E-state index contributed by atoms with van der Waals surface area (Å²) in [4.78, 5) is 23.9. The van der Waals surface area contributed by atoms with Crippen LogP contribution in [0.4, 0.5) is 4.39 Å². The molecule has 0 unspecified atom stereocenters. The van der Waals surface area contributed by atoms with Crippen LogP contribution in [-0.4, -0.2) is 25.0 Å². The first kappa shape index (κ1) is 18.7. The van der Waals surface area contributed by atoms with E-state index < -0.39 is 17.6 Å². The maximum absolute atomic E-state index is 13.9. The number of esters is 1. The molecule has 2 aromatic carbocycles. The smallest absolute Gasteiger partial charge is 0.344 e. The van der Waals surface area contributed by atoms with Crippen molar-refractivity contribution in [2.24, 2.45) is 0 Å². The van der Waals surface area contributed by atoms with Crippen LogP contribution in [0.1, 0.15) is 15.9 Å². The highest BCUT2D eigenvalue weighted by Gasteiger charge is 2.28. The number of ether oxygens (including phenoxy) is 3. The Morgan fingerprint density at radius 1 is 1.30 bits per heavy atom. The molecular weight excluding hydrogens is 375 g/mol. The van der Waals surface area contributed by atoms with E-state index in [0.29, 0.717) is 11.3 Å². The average molecular weight is 389 g/mol. The first-order valence-corrected chi connectivity index (χ1v) is 8.29. The predicted octanol–water partition coefficient (Wildman–Crippen LogP) is 4.20. The van der Waals surface area contributed by atoms with Gasteiger partial charge in [-0.2, -0.15) is 0 Å². The molecule has 2 aromatic rings. The van der Waals surface area contributed by atoms with Gasteiger partial charge in [0.05, 0.1) is 10.6 Å². The minimum absolute atomic E-state index is 0.0560. The zero-order valence-electron chi connectivity index (χ0n) is 14.0. The standard InChI is InChI=1S/C20H14ClFO5/c1-2-8-25-19(23)11-26-12-6-7-13-17(9-12)27-18(20(13)24)10-14-15(21)4-3-5-16(14)22/h2-7,9-10H,1,8,11H2. The van der Waals surface area contributed by atoms with E-state index in [2.05, 4.69) is 6.58 Å². The molecule has 138 valence electrons. The molecule has 0 bridgehead atoms. The van der Waals surface area contributed by atoms with Gasteiger partial charge in [0.25, 0.3) is 0 Å². The summed E-state index contributed by atoms with van der Waals surface area (Å²) in [5.74, 6) is -1.01. The van der Waals surface area contributed by atoms with Crippen LogP contribution in [0.2, 0.25) is 5.02 Å². The van der Waals surface area contributed by atoms with Gasteiger partial charge in [-0.05, 0) is 30.3 Å². The number of hydrogen-bond donors (Lipinski definition) is 0. The largest absolute Gasteiger partial charge is 0.482 e. The number of hydrogen-bond acceptors (Lipinski definition) is 5. The van der Waals surface area contributed by atoms with E-state index in [1.54, 1.807) is 0 Å². The summed E-state index contributed by atoms with van der Waals surface area (Å²) in [7, 11) is 0. The number of rotatable bonds is 6. The molecule has 5 nitrogen and oxygen atoms in total. The number of fused-ring (bicyclic) bond motifs is 1. The van der Waals surface area contributed by atoms with Gasteiger partial charge in [-0.15, -0.1) is 0 Å². The van der Waals surface area contributed by atoms with Crippen LogP contribution < -0.4 is 9.47 Å². The van der Waals surface area contributed by atoms with Gasteiger partial charge in [-0.25, -0.2) is 9.18 Å². The van der Waals surface area contributed by atoms with Gasteiger partial charge in [0.1, 0.15) is 23.9 Å². The van der Waals surface area contributed by atoms with E-state index in [9.17, 15) is 14.0 Å². The Labute approximate surface area is 159 Å². The molecule has 0 spiro atoms. The van der Waals surface area contributed by atoms with Gasteiger partial charge in [0.15, 0.2) is 12.4 Å². The summed E-state index contributed by atoms with van der Waals surface area (Å²) < 4.78 is 29.6. The van der Waals surface area contributed by atoms with E-state index in [1.165, 1.54) is 48.6 Å². The maximum Gasteiger partial charge on any atom is 0.344 e. The van der Waals surface area contributed by atoms with Crippen molar-refractivity contribution in [1.82, 2.24) is 0 Å². The Morgan fingerprint density at radius 2 is 2.11 bits per heavy atom. The van der Waals surface area contributed by atoms with Crippen molar-refractivity contribution in [2.45, 2.75) is 0 Å². The van der Waals surface area contributed by atoms with Crippen molar-refractivity contribution < 1.29 is 28.2 Å². The number of benzene rings is 2. The van der Waals surface area contributed by atoms with Crippen LogP contribution in [0.25, 0.3) is 6.08 Å². The third-order valence-corrected chi connectivity index (χ3v) is 3.96. The summed E-state index contributed by atoms with van der Waals surface area (Å²) in [6.07, 6.45) is 2.70. The van der Waals surface area contributed by atoms with Crippen molar-refractivity contribution in [3.05, 3.63) is 76.8 Å². The molecule has 3 rings (SSSR count). The first-order valence-electron chi connectivity index (χ1n) is 7.91. The first-order chi connectivity index (χ1) is 13.0. The predicted molar refractivity (Wildman–Crippen MR) is 97.4 cm³/mol. The lowest BCUT2D eigenvalue weighted by Gasteiger charge is -2.06. The Hall–Kier alpha value is -3.12. The quantitative estimate of drug-likeness (QED) is 0.421. The average Bonchev–Trinajstić information content (AvgIpc) is 2.96. The summed E-state index contributed by atoms with van der Waals surface area (Å²) in [5, 5.41) is 0.164. The molecule has 1 aliphatic rings. The fraction of sp³-hybridized carbons (Fsp3) is 0.100. The monoisotopic (exact) mass is 388 g/mol. The second kappa shape index (κ2) is 8.05. The SMILES string of the molecule is C=CCOC(=O)COc1ccc2c(c1)OC(=Cc1c(F)cccc1Cl)C2=O. The summed E-state index contributed by atoms with van der Waals surface area (Å²) >= 11 is 5.98. The summed E-state index contributed by atoms with van der Waals surface area (Å²) in [6, 6.07) is 8.72. The van der Waals surface area contributed by atoms with E-state index in [0.717, 1.165) is 0 Å². The van der Waals surface area contributed by atoms with Gasteiger partial charge in [0.2, 0.25) is 5.78 Å². The zero-order valence-corrected chi connectivity index (χ0v) is 14.8. The third kappa shape index (κ3) is 4.17. The fourth-order valence-electron chi connectivity index (χ4n) is 2.37. The van der Waals surface area contributed by atoms with Crippen LogP contribution in [-0.2, 0) is 9.53 Å². The van der Waals surface area contributed by atoms with E-state index >= 15 is 0 Å². The van der Waals surface area contributed by atoms with E-state index in [4.69, 9.17) is 25.8 Å². The molecule has 0 aromatic heterocycles. The van der Waals surface area contributed by atoms with Crippen molar-refractivity contribution in [1.29, 1.82) is 0 Å². The highest BCUT2D eigenvalue weighted by Crippen LogP contribution is 2.35. The number of Topliss-reactive ketones (excluding diaryl/α,β-unsaturated/α-hetero) is 1. The minimum Gasteiger partial charge on any atom is -0.482 e. The molecule has 0 saturated heterocycles. The molecule has 0 aliphatic carbocycles. The van der Waals surface area contributed by atoms with E-state index in [-0.39, 0.29) is 35.3 Å².